The van der Waals surface area contributed by atoms with Crippen molar-refractivity contribution >= 4 is 40.9 Å². The average Bonchev–Trinajstić information content (AvgIpc) is 3.26. The molecule has 0 aliphatic carbocycles. The van der Waals surface area contributed by atoms with E-state index >= 15 is 0 Å². The summed E-state index contributed by atoms with van der Waals surface area (Å²) in [5, 5.41) is 8.72. The largest absolute Gasteiger partial charge is 0.444 e. The van der Waals surface area contributed by atoms with Crippen LogP contribution in [0.3, 0.4) is 0 Å². The molecule has 1 N–H and O–H groups in total. The van der Waals surface area contributed by atoms with Crippen LogP contribution in [-0.4, -0.2) is 45.4 Å². The Balaban J connectivity index is 1.61. The number of aromatic nitrogens is 2. The van der Waals surface area contributed by atoms with E-state index in [1.54, 1.807) is 34.0 Å². The number of halogens is 2. The lowest BCUT2D eigenvalue weighted by Gasteiger charge is -2.34. The van der Waals surface area contributed by atoms with E-state index in [4.69, 9.17) is 27.9 Å². The Kier molecular flexibility index (Phi) is 7.62. The predicted octanol–water partition coefficient (Wildman–Crippen LogP) is 6.85. The van der Waals surface area contributed by atoms with Gasteiger partial charge in [0.2, 0.25) is 0 Å². The first-order valence-corrected chi connectivity index (χ1v) is 12.7. The quantitative estimate of drug-likeness (QED) is 0.401. The van der Waals surface area contributed by atoms with Gasteiger partial charge in [0.15, 0.2) is 0 Å². The maximum atomic E-state index is 13.4. The van der Waals surface area contributed by atoms with Crippen LogP contribution in [0.1, 0.15) is 61.1 Å². The van der Waals surface area contributed by atoms with Crippen molar-refractivity contribution in [3.05, 3.63) is 75.5 Å². The topological polar surface area (TPSA) is 76.5 Å². The third kappa shape index (κ3) is 6.02. The first-order chi connectivity index (χ1) is 17.0. The van der Waals surface area contributed by atoms with E-state index < -0.39 is 5.60 Å². The molecule has 0 spiro atoms. The molecule has 3 aromatic rings. The van der Waals surface area contributed by atoms with Gasteiger partial charge < -0.3 is 15.0 Å². The van der Waals surface area contributed by atoms with Crippen LogP contribution in [0.2, 0.25) is 10.0 Å². The molecular formula is C27H30Cl2N4O3. The number of carbonyl (C=O) groups excluding carboxylic acids is 2. The molecule has 0 unspecified atom stereocenters. The summed E-state index contributed by atoms with van der Waals surface area (Å²) in [7, 11) is 0. The molecule has 7 nitrogen and oxygen atoms in total. The number of piperidine rings is 1. The minimum Gasteiger partial charge on any atom is -0.444 e. The molecule has 0 atom stereocenters. The second kappa shape index (κ2) is 10.5. The predicted molar refractivity (Wildman–Crippen MR) is 142 cm³/mol. The SMILES string of the molecule is Cc1ccc(NC(=O)c2cnn(-c3ccc(Cl)cc3)c2C2CCN(C(=O)OC(C)(C)C)CC2)cc1Cl. The van der Waals surface area contributed by atoms with Crippen molar-refractivity contribution in [2.24, 2.45) is 0 Å². The zero-order valence-electron chi connectivity index (χ0n) is 20.8. The maximum absolute atomic E-state index is 13.4. The van der Waals surface area contributed by atoms with Gasteiger partial charge in [0.25, 0.3) is 5.91 Å². The molecule has 4 rings (SSSR count). The van der Waals surface area contributed by atoms with E-state index in [-0.39, 0.29) is 17.9 Å². The Bertz CT molecular complexity index is 1260. The normalized spacial score (nSPS) is 14.6. The Morgan fingerprint density at radius 3 is 2.33 bits per heavy atom. The molecule has 1 aliphatic heterocycles. The number of hydrogen-bond donors (Lipinski definition) is 1. The highest BCUT2D eigenvalue weighted by molar-refractivity contribution is 6.31. The fourth-order valence-corrected chi connectivity index (χ4v) is 4.55. The van der Waals surface area contributed by atoms with Gasteiger partial charge in [-0.15, -0.1) is 0 Å². The average molecular weight is 529 g/mol. The number of nitrogens with zero attached hydrogens (tertiary/aromatic N) is 3. The van der Waals surface area contributed by atoms with E-state index in [9.17, 15) is 9.59 Å². The van der Waals surface area contributed by atoms with Crippen molar-refractivity contribution in [3.8, 4) is 5.69 Å². The molecule has 1 fully saturated rings. The van der Waals surface area contributed by atoms with Crippen molar-refractivity contribution in [1.82, 2.24) is 14.7 Å². The summed E-state index contributed by atoms with van der Waals surface area (Å²) in [6.45, 7) is 8.53. The molecule has 190 valence electrons. The standard InChI is InChI=1S/C27H30Cl2N4O3/c1-17-5-8-20(15-23(17)29)31-25(34)22-16-30-33(21-9-6-19(28)7-10-21)24(22)18-11-13-32(14-12-18)26(35)36-27(2,3)4/h5-10,15-16,18H,11-14H2,1-4H3,(H,31,34). The number of amides is 2. The molecule has 0 bridgehead atoms. The number of carbonyl (C=O) groups is 2. The second-order valence-electron chi connectivity index (χ2n) is 9.99. The highest BCUT2D eigenvalue weighted by atomic mass is 35.5. The summed E-state index contributed by atoms with van der Waals surface area (Å²) in [6, 6.07) is 12.7. The number of anilines is 1. The minimum atomic E-state index is -0.550. The molecule has 1 aliphatic rings. The molecule has 0 saturated carbocycles. The summed E-state index contributed by atoms with van der Waals surface area (Å²) >= 11 is 12.3. The van der Waals surface area contributed by atoms with Crippen LogP contribution in [0.5, 0.6) is 0 Å². The number of likely N-dealkylation sites (tertiary alicyclic amines) is 1. The summed E-state index contributed by atoms with van der Waals surface area (Å²) in [5.41, 5.74) is 3.09. The fourth-order valence-electron chi connectivity index (χ4n) is 4.24. The number of nitrogens with one attached hydrogen (secondary N) is 1. The van der Waals surface area contributed by atoms with Crippen LogP contribution >= 0.6 is 23.2 Å². The van der Waals surface area contributed by atoms with Crippen LogP contribution in [-0.2, 0) is 4.74 Å². The number of hydrogen-bond acceptors (Lipinski definition) is 4. The van der Waals surface area contributed by atoms with Crippen LogP contribution in [0.4, 0.5) is 10.5 Å². The lowest BCUT2D eigenvalue weighted by Crippen LogP contribution is -2.41. The smallest absolute Gasteiger partial charge is 0.410 e. The van der Waals surface area contributed by atoms with Crippen molar-refractivity contribution in [3.63, 3.8) is 0 Å². The summed E-state index contributed by atoms with van der Waals surface area (Å²) in [4.78, 5) is 27.7. The zero-order chi connectivity index (χ0) is 26.0. The Hall–Kier alpha value is -3.03. The Morgan fingerprint density at radius 2 is 1.72 bits per heavy atom. The lowest BCUT2D eigenvalue weighted by atomic mass is 9.90. The van der Waals surface area contributed by atoms with Gasteiger partial charge in [-0.25, -0.2) is 9.48 Å². The van der Waals surface area contributed by atoms with Crippen LogP contribution in [0.25, 0.3) is 5.69 Å². The van der Waals surface area contributed by atoms with E-state index in [0.29, 0.717) is 47.2 Å². The van der Waals surface area contributed by atoms with Crippen LogP contribution < -0.4 is 5.32 Å². The molecule has 1 aromatic heterocycles. The van der Waals surface area contributed by atoms with Gasteiger partial charge in [-0.1, -0.05) is 29.3 Å². The minimum absolute atomic E-state index is 0.0178. The highest BCUT2D eigenvalue weighted by Gasteiger charge is 2.32. The molecule has 2 aromatic carbocycles. The van der Waals surface area contributed by atoms with Gasteiger partial charge in [0.1, 0.15) is 5.60 Å². The van der Waals surface area contributed by atoms with Gasteiger partial charge in [0, 0.05) is 34.7 Å². The van der Waals surface area contributed by atoms with E-state index in [2.05, 4.69) is 10.4 Å². The van der Waals surface area contributed by atoms with Gasteiger partial charge in [-0.2, -0.15) is 5.10 Å². The Morgan fingerprint density at radius 1 is 1.06 bits per heavy atom. The number of benzene rings is 2. The van der Waals surface area contributed by atoms with Crippen molar-refractivity contribution < 1.29 is 14.3 Å². The molecule has 2 heterocycles. The van der Waals surface area contributed by atoms with Gasteiger partial charge in [0.05, 0.1) is 23.1 Å². The molecule has 36 heavy (non-hydrogen) atoms. The highest BCUT2D eigenvalue weighted by Crippen LogP contribution is 2.33. The fraction of sp³-hybridized carbons (Fsp3) is 0.370. The lowest BCUT2D eigenvalue weighted by molar-refractivity contribution is 0.0203. The Labute approximate surface area is 221 Å². The van der Waals surface area contributed by atoms with E-state index in [1.165, 1.54) is 0 Å². The van der Waals surface area contributed by atoms with E-state index in [0.717, 1.165) is 16.9 Å². The first-order valence-electron chi connectivity index (χ1n) is 11.9. The van der Waals surface area contributed by atoms with E-state index in [1.807, 2.05) is 52.0 Å². The first kappa shape index (κ1) is 26.0. The number of aryl methyl sites for hydroxylation is 1. The van der Waals surface area contributed by atoms with Crippen molar-refractivity contribution in [2.75, 3.05) is 18.4 Å². The molecule has 0 radical (unpaired) electrons. The molecule has 1 saturated heterocycles. The van der Waals surface area contributed by atoms with Gasteiger partial charge in [-0.05, 0) is 82.5 Å². The van der Waals surface area contributed by atoms with Crippen molar-refractivity contribution in [2.45, 2.75) is 52.1 Å². The maximum Gasteiger partial charge on any atom is 0.410 e. The summed E-state index contributed by atoms with van der Waals surface area (Å²) in [5.74, 6) is -0.246. The summed E-state index contributed by atoms with van der Waals surface area (Å²) in [6.07, 6.45) is 2.63. The summed E-state index contributed by atoms with van der Waals surface area (Å²) < 4.78 is 7.33. The second-order valence-corrected chi connectivity index (χ2v) is 10.8. The monoisotopic (exact) mass is 528 g/mol. The number of ether oxygens (including phenoxy) is 1. The van der Waals surface area contributed by atoms with Crippen molar-refractivity contribution in [1.29, 1.82) is 0 Å². The third-order valence-electron chi connectivity index (χ3n) is 6.09. The van der Waals surface area contributed by atoms with Crippen LogP contribution in [0.15, 0.2) is 48.7 Å². The molecule has 2 amide bonds. The molecule has 9 heteroatoms. The third-order valence-corrected chi connectivity index (χ3v) is 6.74. The van der Waals surface area contributed by atoms with Gasteiger partial charge >= 0.3 is 6.09 Å². The van der Waals surface area contributed by atoms with Gasteiger partial charge in [-0.3, -0.25) is 4.79 Å². The molecular weight excluding hydrogens is 499 g/mol. The van der Waals surface area contributed by atoms with Crippen LogP contribution in [0, 0.1) is 6.92 Å². The zero-order valence-corrected chi connectivity index (χ0v) is 22.4. The number of rotatable bonds is 4.